The number of aliphatic hydroxyl groups excluding tert-OH is 4. The Hall–Kier alpha value is -4.14. The van der Waals surface area contributed by atoms with Crippen molar-refractivity contribution in [3.8, 4) is 0 Å². The van der Waals surface area contributed by atoms with E-state index < -0.39 is 96.6 Å². The van der Waals surface area contributed by atoms with Gasteiger partial charge in [-0.2, -0.15) is 0 Å². The van der Waals surface area contributed by atoms with Crippen LogP contribution in [0.15, 0.2) is 33.5 Å². The lowest BCUT2D eigenvalue weighted by Gasteiger charge is -2.43. The van der Waals surface area contributed by atoms with Crippen LogP contribution in [0.1, 0.15) is 13.2 Å². The van der Waals surface area contributed by atoms with E-state index in [0.29, 0.717) is 10.1 Å². The third-order valence-electron chi connectivity index (χ3n) is 6.66. The second-order valence-corrected chi connectivity index (χ2v) is 9.26. The summed E-state index contributed by atoms with van der Waals surface area (Å²) in [6, 6.07) is -4.44. The number of aliphatic hydroxyl groups is 4. The number of aromatic nitrogens is 2. The fraction of sp³-hybridized carbons (Fsp3) is 0.545. The van der Waals surface area contributed by atoms with E-state index in [0.717, 1.165) is 17.2 Å². The summed E-state index contributed by atoms with van der Waals surface area (Å²) in [5, 5.41) is 53.3. The number of aromatic amines is 1. The lowest BCUT2D eigenvalue weighted by molar-refractivity contribution is -0.157. The molecule has 11 N–H and O–H groups in total. The third kappa shape index (κ3) is 6.45. The first kappa shape index (κ1) is 31.4. The van der Waals surface area contributed by atoms with Gasteiger partial charge in [-0.3, -0.25) is 23.9 Å². The van der Waals surface area contributed by atoms with Crippen LogP contribution >= 0.6 is 0 Å². The minimum absolute atomic E-state index is 0.176. The summed E-state index contributed by atoms with van der Waals surface area (Å²) in [6.45, 7) is 0.531. The number of carboxylic acids is 1. The zero-order valence-electron chi connectivity index (χ0n) is 21.4. The molecule has 9 atom stereocenters. The number of nitrogens with zero attached hydrogens (tertiary/aromatic N) is 2. The summed E-state index contributed by atoms with van der Waals surface area (Å²) in [6.07, 6.45) is -10.2. The number of rotatable bonds is 10. The smallest absolute Gasteiger partial charge is 0.404 e. The number of carbonyl (C=O) groups excluding carboxylic acids is 3. The van der Waals surface area contributed by atoms with Gasteiger partial charge in [-0.1, -0.05) is 6.08 Å². The van der Waals surface area contributed by atoms with E-state index >= 15 is 0 Å². The predicted octanol–water partition coefficient (Wildman–Crippen LogP) is -5.97. The van der Waals surface area contributed by atoms with E-state index in [9.17, 15) is 54.3 Å². The number of carbonyl (C=O) groups is 4. The van der Waals surface area contributed by atoms with E-state index in [2.05, 4.69) is 10.1 Å². The first-order chi connectivity index (χ1) is 19.2. The van der Waals surface area contributed by atoms with Crippen LogP contribution in [-0.4, -0.2) is 126 Å². The number of allylic oxidation sites excluding steroid dienone is 1. The summed E-state index contributed by atoms with van der Waals surface area (Å²) in [4.78, 5) is 75.5. The molecule has 0 saturated carbocycles. The molecule has 0 bridgehead atoms. The van der Waals surface area contributed by atoms with Gasteiger partial charge in [-0.15, -0.1) is 0 Å². The van der Waals surface area contributed by atoms with E-state index in [1.54, 1.807) is 6.92 Å². The number of carboxylic acid groups (broad SMARTS) is 1. The SMILES string of the molecule is C/C=C1/CN(C(=O)[C@@H](NC(=O)[C@@H](N)[C@H](O)[C@@H](O)COC(N)=O)C2O[C@@H](n3ccc(=O)[nH]c3=O)[C@H](O)[C@@H]2O)[C@@H]1C(=O)O. The normalized spacial score (nSPS) is 27.8. The van der Waals surface area contributed by atoms with E-state index in [1.165, 1.54) is 6.08 Å². The minimum atomic E-state index is -2.07. The molecule has 0 spiro atoms. The van der Waals surface area contributed by atoms with Crippen molar-refractivity contribution in [1.29, 1.82) is 0 Å². The second-order valence-electron chi connectivity index (χ2n) is 9.26. The fourth-order valence-electron chi connectivity index (χ4n) is 4.40. The largest absolute Gasteiger partial charge is 0.479 e. The van der Waals surface area contributed by atoms with Crippen LogP contribution in [0, 0.1) is 0 Å². The molecule has 0 aromatic carbocycles. The van der Waals surface area contributed by atoms with E-state index in [-0.39, 0.29) is 6.54 Å². The molecule has 19 nitrogen and oxygen atoms in total. The van der Waals surface area contributed by atoms with Crippen LogP contribution < -0.4 is 28.0 Å². The lowest BCUT2D eigenvalue weighted by Crippen LogP contribution is -2.67. The highest BCUT2D eigenvalue weighted by Gasteiger charge is 2.53. The van der Waals surface area contributed by atoms with Crippen LogP contribution in [0.2, 0.25) is 0 Å². The van der Waals surface area contributed by atoms with Crippen LogP contribution in [0.25, 0.3) is 0 Å². The van der Waals surface area contributed by atoms with Gasteiger partial charge in [0.25, 0.3) is 5.56 Å². The van der Waals surface area contributed by atoms with Gasteiger partial charge < -0.3 is 56.7 Å². The first-order valence-corrected chi connectivity index (χ1v) is 12.0. The Morgan fingerprint density at radius 1 is 1.24 bits per heavy atom. The number of primary amides is 1. The average Bonchev–Trinajstić information content (AvgIpc) is 3.17. The molecule has 226 valence electrons. The maximum atomic E-state index is 13.5. The molecule has 3 amide bonds. The highest BCUT2D eigenvalue weighted by molar-refractivity contribution is 5.95. The standard InChI is InChI=1S/C22H30N6O13/c1-2-7-5-28(12(7)20(36)37)18(35)11(26-17(34)10(23)13(31)8(29)6-40-21(24)38)16-14(32)15(33)19(41-16)27-4-3-9(30)25-22(27)39/h2-4,8,10-16,19,29,31-33H,5-6,23H2,1H3,(H2,24,38)(H,26,34)(H,36,37)(H,25,30,39)/b7-2-/t8-,10-,11-,12-,13+,14-,15+,16?,19+/m0/s1. The number of hydrogen-bond acceptors (Lipinski definition) is 13. The van der Waals surface area contributed by atoms with Crippen molar-refractivity contribution in [2.75, 3.05) is 13.2 Å². The van der Waals surface area contributed by atoms with Gasteiger partial charge in [0, 0.05) is 18.8 Å². The van der Waals surface area contributed by atoms with Gasteiger partial charge >= 0.3 is 17.8 Å². The highest BCUT2D eigenvalue weighted by atomic mass is 16.6. The van der Waals surface area contributed by atoms with Crippen LogP contribution in [0.5, 0.6) is 0 Å². The number of nitrogens with one attached hydrogen (secondary N) is 2. The van der Waals surface area contributed by atoms with Crippen molar-refractivity contribution in [3.05, 3.63) is 44.8 Å². The summed E-state index contributed by atoms with van der Waals surface area (Å²) in [7, 11) is 0. The molecular formula is C22H30N6O13. The minimum Gasteiger partial charge on any atom is -0.479 e. The van der Waals surface area contributed by atoms with Crippen molar-refractivity contribution in [1.82, 2.24) is 19.8 Å². The Morgan fingerprint density at radius 2 is 1.90 bits per heavy atom. The van der Waals surface area contributed by atoms with Gasteiger partial charge in [0.1, 0.15) is 49.2 Å². The molecular weight excluding hydrogens is 556 g/mol. The summed E-state index contributed by atoms with van der Waals surface area (Å²) in [5.41, 5.74) is 9.05. The lowest BCUT2D eigenvalue weighted by atomic mass is 9.92. The van der Waals surface area contributed by atoms with Gasteiger partial charge in [0.05, 0.1) is 0 Å². The molecule has 1 unspecified atom stereocenters. The zero-order valence-corrected chi connectivity index (χ0v) is 21.4. The number of nitrogens with two attached hydrogens (primary N) is 2. The van der Waals surface area contributed by atoms with Crippen molar-refractivity contribution in [3.63, 3.8) is 0 Å². The maximum Gasteiger partial charge on any atom is 0.404 e. The number of H-pyrrole nitrogens is 1. The molecule has 0 radical (unpaired) electrons. The van der Waals surface area contributed by atoms with Gasteiger partial charge in [-0.25, -0.2) is 14.4 Å². The summed E-state index contributed by atoms with van der Waals surface area (Å²) >= 11 is 0. The number of amides is 3. The van der Waals surface area contributed by atoms with Crippen molar-refractivity contribution < 1.29 is 54.2 Å². The Balaban J connectivity index is 1.92. The molecule has 1 aromatic heterocycles. The molecule has 1 aromatic rings. The molecule has 2 aliphatic rings. The van der Waals surface area contributed by atoms with E-state index in [1.807, 2.05) is 4.98 Å². The monoisotopic (exact) mass is 586 g/mol. The molecule has 3 heterocycles. The molecule has 2 aliphatic heterocycles. The molecule has 2 saturated heterocycles. The first-order valence-electron chi connectivity index (χ1n) is 12.0. The van der Waals surface area contributed by atoms with Gasteiger partial charge in [0.15, 0.2) is 12.3 Å². The molecule has 19 heteroatoms. The van der Waals surface area contributed by atoms with Gasteiger partial charge in [0.2, 0.25) is 11.8 Å². The van der Waals surface area contributed by atoms with Crippen LogP contribution in [0.4, 0.5) is 4.79 Å². The second kappa shape index (κ2) is 12.6. The zero-order chi connectivity index (χ0) is 30.8. The van der Waals surface area contributed by atoms with Crippen LogP contribution in [0.3, 0.4) is 0 Å². The predicted molar refractivity (Wildman–Crippen MR) is 132 cm³/mol. The average molecular weight is 587 g/mol. The van der Waals surface area contributed by atoms with Crippen molar-refractivity contribution in [2.45, 2.75) is 61.8 Å². The Morgan fingerprint density at radius 3 is 2.46 bits per heavy atom. The summed E-state index contributed by atoms with van der Waals surface area (Å²) in [5.74, 6) is -3.80. The van der Waals surface area contributed by atoms with E-state index in [4.69, 9.17) is 16.2 Å². The topological polar surface area (TPSA) is 310 Å². The number of aliphatic carboxylic acids is 1. The highest BCUT2D eigenvalue weighted by Crippen LogP contribution is 2.33. The maximum absolute atomic E-state index is 13.5. The molecule has 2 fully saturated rings. The Labute approximate surface area is 229 Å². The van der Waals surface area contributed by atoms with Gasteiger partial charge in [-0.05, 0) is 12.5 Å². The quantitative estimate of drug-likeness (QED) is 0.115. The number of hydrogen-bond donors (Lipinski definition) is 9. The molecule has 41 heavy (non-hydrogen) atoms. The Bertz CT molecular complexity index is 1330. The number of likely N-dealkylation sites (tertiary alicyclic amines) is 1. The van der Waals surface area contributed by atoms with Crippen molar-refractivity contribution >= 4 is 23.9 Å². The van der Waals surface area contributed by atoms with Crippen molar-refractivity contribution in [2.24, 2.45) is 11.5 Å². The summed E-state index contributed by atoms with van der Waals surface area (Å²) < 4.78 is 10.7. The fourth-order valence-corrected chi connectivity index (χ4v) is 4.40. The molecule has 0 aliphatic carbocycles. The van der Waals surface area contributed by atoms with Crippen LogP contribution in [-0.2, 0) is 23.9 Å². The number of ether oxygens (including phenoxy) is 2. The molecule has 3 rings (SSSR count). The third-order valence-corrected chi connectivity index (χ3v) is 6.66. The Kier molecular flexibility index (Phi) is 9.63.